The van der Waals surface area contributed by atoms with E-state index in [2.05, 4.69) is 22.2 Å². The number of likely N-dealkylation sites (tertiary alicyclic amines) is 1. The van der Waals surface area contributed by atoms with Crippen LogP contribution in [0.1, 0.15) is 27.7 Å². The van der Waals surface area contributed by atoms with Gasteiger partial charge in [0.15, 0.2) is 0 Å². The van der Waals surface area contributed by atoms with Crippen LogP contribution in [-0.2, 0) is 4.74 Å². The number of carbonyl (C=O) groups excluding carboxylic acids is 1. The van der Waals surface area contributed by atoms with Crippen LogP contribution in [0.25, 0.3) is 22.0 Å². The topological polar surface area (TPSA) is 85.8 Å². The summed E-state index contributed by atoms with van der Waals surface area (Å²) < 4.78 is 16.3. The first-order chi connectivity index (χ1) is 17.0. The zero-order valence-corrected chi connectivity index (χ0v) is 22.7. The maximum absolute atomic E-state index is 12.5. The maximum atomic E-state index is 12.5. The number of benzene rings is 2. The molecule has 2 aromatic carbocycles. The molecule has 1 aliphatic heterocycles. The molecule has 0 saturated carbocycles. The van der Waals surface area contributed by atoms with Gasteiger partial charge in [0, 0.05) is 36.3 Å². The molecule has 0 radical (unpaired) electrons. The van der Waals surface area contributed by atoms with Crippen molar-refractivity contribution in [1.82, 2.24) is 14.9 Å². The molecule has 192 valence electrons. The Bertz CT molecular complexity index is 1270. The van der Waals surface area contributed by atoms with Crippen LogP contribution in [0.5, 0.6) is 11.5 Å². The van der Waals surface area contributed by atoms with Crippen molar-refractivity contribution in [2.75, 3.05) is 32.6 Å². The van der Waals surface area contributed by atoms with Crippen LogP contribution in [0.3, 0.4) is 0 Å². The van der Waals surface area contributed by atoms with Crippen LogP contribution in [0, 0.1) is 5.92 Å². The highest BCUT2D eigenvalue weighted by molar-refractivity contribution is 6.41. The zero-order chi connectivity index (χ0) is 26.2. The monoisotopic (exact) mass is 532 g/mol. The van der Waals surface area contributed by atoms with Gasteiger partial charge < -0.3 is 24.4 Å². The number of nitrogens with zero attached hydrogens (tertiary/aromatic N) is 3. The minimum atomic E-state index is -0.531. The van der Waals surface area contributed by atoms with Crippen molar-refractivity contribution in [2.24, 2.45) is 5.92 Å². The Morgan fingerprint density at radius 3 is 2.36 bits per heavy atom. The van der Waals surface area contributed by atoms with Crippen molar-refractivity contribution in [3.63, 3.8) is 0 Å². The van der Waals surface area contributed by atoms with Crippen LogP contribution in [0.2, 0.25) is 10.0 Å². The summed E-state index contributed by atoms with van der Waals surface area (Å²) in [5, 5.41) is 4.99. The van der Waals surface area contributed by atoms with Gasteiger partial charge in [0.05, 0.1) is 35.8 Å². The smallest absolute Gasteiger partial charge is 0.410 e. The summed E-state index contributed by atoms with van der Waals surface area (Å²) in [5.74, 6) is 1.65. The number of anilines is 1. The first-order valence-electron chi connectivity index (χ1n) is 11.6. The van der Waals surface area contributed by atoms with Gasteiger partial charge in [0.2, 0.25) is 5.95 Å². The molecule has 0 bridgehead atoms. The third-order valence-electron chi connectivity index (χ3n) is 6.02. The van der Waals surface area contributed by atoms with E-state index in [-0.39, 0.29) is 18.1 Å². The highest BCUT2D eigenvalue weighted by Crippen LogP contribution is 2.46. The molecular formula is C26H30Cl2N4O4. The summed E-state index contributed by atoms with van der Waals surface area (Å²) >= 11 is 13.2. The number of ether oxygens (including phenoxy) is 3. The van der Waals surface area contributed by atoms with Gasteiger partial charge >= 0.3 is 6.09 Å². The first-order valence-corrected chi connectivity index (χ1v) is 12.4. The van der Waals surface area contributed by atoms with Crippen LogP contribution < -0.4 is 14.8 Å². The number of amides is 1. The van der Waals surface area contributed by atoms with Crippen LogP contribution in [0.4, 0.5) is 10.7 Å². The highest BCUT2D eigenvalue weighted by atomic mass is 35.5. The quantitative estimate of drug-likeness (QED) is 0.413. The fraction of sp³-hybridized carbons (Fsp3) is 0.423. The van der Waals surface area contributed by atoms with Crippen molar-refractivity contribution >= 4 is 46.1 Å². The van der Waals surface area contributed by atoms with Gasteiger partial charge in [0.25, 0.3) is 0 Å². The molecule has 1 aromatic heterocycles. The van der Waals surface area contributed by atoms with Crippen molar-refractivity contribution in [3.8, 4) is 22.6 Å². The number of hydrogen-bond acceptors (Lipinski definition) is 7. The van der Waals surface area contributed by atoms with Gasteiger partial charge in [-0.25, -0.2) is 14.8 Å². The lowest BCUT2D eigenvalue weighted by atomic mass is 10.0. The lowest BCUT2D eigenvalue weighted by Gasteiger charge is -2.24. The summed E-state index contributed by atoms with van der Waals surface area (Å²) in [6.45, 7) is 8.80. The lowest BCUT2D eigenvalue weighted by Crippen LogP contribution is -2.36. The Hall–Kier alpha value is -2.97. The fourth-order valence-electron chi connectivity index (χ4n) is 4.19. The van der Waals surface area contributed by atoms with Gasteiger partial charge in [0.1, 0.15) is 17.1 Å². The predicted molar refractivity (Wildman–Crippen MR) is 142 cm³/mol. The summed E-state index contributed by atoms with van der Waals surface area (Å²) in [6, 6.07) is 7.38. The molecule has 1 amide bonds. The van der Waals surface area contributed by atoms with Gasteiger partial charge in [-0.2, -0.15) is 0 Å². The minimum Gasteiger partial charge on any atom is -0.495 e. The standard InChI is InChI=1S/C26H30Cl2N4O4/c1-14-12-32(25(33)36-26(2,3)4)13-18(14)31-24-29-11-16-9-15(7-8-17(16)30-24)21-22(27)19(34-5)10-20(35-6)23(21)28/h7-11,14,18H,12-13H2,1-6H3,(H,29,30,31)/t14-,18?/m1/s1. The molecule has 2 atom stereocenters. The molecule has 0 spiro atoms. The molecular weight excluding hydrogens is 503 g/mol. The van der Waals surface area contributed by atoms with Gasteiger partial charge in [-0.05, 0) is 44.4 Å². The highest BCUT2D eigenvalue weighted by Gasteiger charge is 2.35. The van der Waals surface area contributed by atoms with E-state index in [1.807, 2.05) is 39.0 Å². The second kappa shape index (κ2) is 10.2. The van der Waals surface area contributed by atoms with E-state index in [1.165, 1.54) is 0 Å². The Balaban J connectivity index is 1.56. The first kappa shape index (κ1) is 26.1. The van der Waals surface area contributed by atoms with Gasteiger partial charge in [-0.3, -0.25) is 0 Å². The van der Waals surface area contributed by atoms with Crippen molar-refractivity contribution in [3.05, 3.63) is 40.5 Å². The van der Waals surface area contributed by atoms with Crippen LogP contribution in [-0.4, -0.2) is 59.9 Å². The third-order valence-corrected chi connectivity index (χ3v) is 6.77. The Kier molecular flexibility index (Phi) is 7.38. The van der Waals surface area contributed by atoms with E-state index >= 15 is 0 Å². The minimum absolute atomic E-state index is 0.0103. The van der Waals surface area contributed by atoms with Crippen molar-refractivity contribution < 1.29 is 19.0 Å². The van der Waals surface area contributed by atoms with E-state index in [0.29, 0.717) is 46.1 Å². The largest absolute Gasteiger partial charge is 0.495 e. The molecule has 36 heavy (non-hydrogen) atoms. The van der Waals surface area contributed by atoms with Crippen molar-refractivity contribution in [1.29, 1.82) is 0 Å². The summed E-state index contributed by atoms with van der Waals surface area (Å²) in [6.07, 6.45) is 1.44. The average molecular weight is 533 g/mol. The number of halogens is 2. The van der Waals surface area contributed by atoms with Gasteiger partial charge in [-0.15, -0.1) is 0 Å². The van der Waals surface area contributed by atoms with E-state index < -0.39 is 5.60 Å². The van der Waals surface area contributed by atoms with Crippen molar-refractivity contribution in [2.45, 2.75) is 39.3 Å². The third kappa shape index (κ3) is 5.39. The average Bonchev–Trinajstić information content (AvgIpc) is 3.18. The second-order valence-corrected chi connectivity index (χ2v) is 10.6. The number of aromatic nitrogens is 2. The summed E-state index contributed by atoms with van der Waals surface area (Å²) in [5.41, 5.74) is 1.63. The molecule has 1 unspecified atom stereocenters. The predicted octanol–water partition coefficient (Wildman–Crippen LogP) is 6.29. The number of methoxy groups -OCH3 is 2. The number of rotatable bonds is 5. The lowest BCUT2D eigenvalue weighted by molar-refractivity contribution is 0.0288. The summed E-state index contributed by atoms with van der Waals surface area (Å²) in [7, 11) is 3.08. The SMILES string of the molecule is COc1cc(OC)c(Cl)c(-c2ccc3nc(NC4CN(C(=O)OC(C)(C)C)C[C@H]4C)ncc3c2)c1Cl. The maximum Gasteiger partial charge on any atom is 0.410 e. The molecule has 0 aliphatic carbocycles. The fourth-order valence-corrected chi connectivity index (χ4v) is 4.91. The molecule has 1 fully saturated rings. The normalized spacial score (nSPS) is 17.8. The number of nitrogens with one attached hydrogen (secondary N) is 1. The number of carbonyl (C=O) groups is 1. The van der Waals surface area contributed by atoms with E-state index in [9.17, 15) is 4.79 Å². The van der Waals surface area contributed by atoms with E-state index in [0.717, 1.165) is 16.5 Å². The summed E-state index contributed by atoms with van der Waals surface area (Å²) in [4.78, 5) is 23.4. The molecule has 2 heterocycles. The Morgan fingerprint density at radius 1 is 1.08 bits per heavy atom. The molecule has 1 saturated heterocycles. The van der Waals surface area contributed by atoms with E-state index in [1.54, 1.807) is 31.4 Å². The second-order valence-electron chi connectivity index (χ2n) is 9.86. The van der Waals surface area contributed by atoms with E-state index in [4.69, 9.17) is 37.4 Å². The molecule has 1 aliphatic rings. The molecule has 8 nitrogen and oxygen atoms in total. The number of hydrogen-bond donors (Lipinski definition) is 1. The molecule has 1 N–H and O–H groups in total. The Labute approximate surface area is 220 Å². The Morgan fingerprint density at radius 2 is 1.75 bits per heavy atom. The molecule has 3 aromatic rings. The van der Waals surface area contributed by atoms with Crippen LogP contribution in [0.15, 0.2) is 30.5 Å². The zero-order valence-electron chi connectivity index (χ0n) is 21.2. The van der Waals surface area contributed by atoms with Crippen LogP contribution >= 0.6 is 23.2 Å². The molecule has 4 rings (SSSR count). The molecule has 10 heteroatoms. The number of fused-ring (bicyclic) bond motifs is 1. The van der Waals surface area contributed by atoms with Gasteiger partial charge in [-0.1, -0.05) is 36.2 Å².